The van der Waals surface area contributed by atoms with E-state index in [4.69, 9.17) is 44.9 Å². The number of anilines is 1. The van der Waals surface area contributed by atoms with Crippen LogP contribution in [-0.4, -0.2) is 60.9 Å². The Labute approximate surface area is 200 Å². The van der Waals surface area contributed by atoms with Crippen LogP contribution < -0.4 is 10.1 Å². The van der Waals surface area contributed by atoms with Crippen molar-refractivity contribution < 1.29 is 9.47 Å². The van der Waals surface area contributed by atoms with E-state index in [1.165, 1.54) is 0 Å². The monoisotopic (exact) mass is 481 g/mol. The van der Waals surface area contributed by atoms with Crippen molar-refractivity contribution in [2.45, 2.75) is 19.9 Å². The van der Waals surface area contributed by atoms with Crippen LogP contribution in [0.5, 0.6) is 5.75 Å². The maximum absolute atomic E-state index is 6.33. The first-order valence-electron chi connectivity index (χ1n) is 10.6. The van der Waals surface area contributed by atoms with Crippen LogP contribution in [0.4, 0.5) is 5.69 Å². The van der Waals surface area contributed by atoms with Crippen LogP contribution in [-0.2, 0) is 11.3 Å². The number of nitrogens with one attached hydrogen (secondary N) is 1. The summed E-state index contributed by atoms with van der Waals surface area (Å²) in [6.45, 7) is 8.76. The molecule has 0 atom stereocenters. The van der Waals surface area contributed by atoms with Gasteiger partial charge in [-0.05, 0) is 61.5 Å². The minimum absolute atomic E-state index is 0.584. The lowest BCUT2D eigenvalue weighted by Gasteiger charge is -2.30. The maximum Gasteiger partial charge on any atom is 0.173 e. The van der Waals surface area contributed by atoms with Crippen molar-refractivity contribution in [3.05, 3.63) is 58.1 Å². The number of morpholine rings is 1. The average molecular weight is 482 g/mol. The Balaban J connectivity index is 1.65. The normalized spacial score (nSPS) is 14.3. The molecule has 2 aromatic rings. The van der Waals surface area contributed by atoms with Crippen LogP contribution in [0.2, 0.25) is 10.0 Å². The van der Waals surface area contributed by atoms with Crippen LogP contribution in [0.1, 0.15) is 18.9 Å². The number of rotatable bonds is 9. The van der Waals surface area contributed by atoms with E-state index in [0.29, 0.717) is 34.0 Å². The third kappa shape index (κ3) is 7.81. The highest BCUT2D eigenvalue weighted by atomic mass is 35.5. The molecule has 0 bridgehead atoms. The summed E-state index contributed by atoms with van der Waals surface area (Å²) in [4.78, 5) is 4.60. The molecule has 168 valence electrons. The van der Waals surface area contributed by atoms with E-state index in [0.717, 1.165) is 57.1 Å². The van der Waals surface area contributed by atoms with Gasteiger partial charge in [-0.1, -0.05) is 35.3 Å². The second-order valence-corrected chi connectivity index (χ2v) is 8.59. The van der Waals surface area contributed by atoms with Crippen molar-refractivity contribution in [1.82, 2.24) is 9.80 Å². The first-order valence-corrected chi connectivity index (χ1v) is 11.7. The van der Waals surface area contributed by atoms with Gasteiger partial charge in [-0.25, -0.2) is 0 Å². The largest absolute Gasteiger partial charge is 0.494 e. The quantitative estimate of drug-likeness (QED) is 0.488. The smallest absolute Gasteiger partial charge is 0.173 e. The fraction of sp³-hybridized carbons (Fsp3) is 0.435. The van der Waals surface area contributed by atoms with E-state index >= 15 is 0 Å². The summed E-state index contributed by atoms with van der Waals surface area (Å²) in [7, 11) is 0. The lowest BCUT2D eigenvalue weighted by Crippen LogP contribution is -2.40. The highest BCUT2D eigenvalue weighted by Crippen LogP contribution is 2.26. The van der Waals surface area contributed by atoms with Gasteiger partial charge in [-0.3, -0.25) is 4.90 Å². The molecule has 2 aromatic carbocycles. The molecule has 0 radical (unpaired) electrons. The molecule has 1 saturated heterocycles. The molecule has 0 amide bonds. The van der Waals surface area contributed by atoms with E-state index in [1.54, 1.807) is 18.2 Å². The van der Waals surface area contributed by atoms with E-state index in [9.17, 15) is 0 Å². The number of ether oxygens (including phenoxy) is 2. The van der Waals surface area contributed by atoms with Crippen LogP contribution in [0.3, 0.4) is 0 Å². The van der Waals surface area contributed by atoms with E-state index in [1.807, 2.05) is 19.1 Å². The van der Waals surface area contributed by atoms with Crippen molar-refractivity contribution in [1.29, 1.82) is 0 Å². The Morgan fingerprint density at radius 1 is 1.16 bits per heavy atom. The molecule has 8 heteroatoms. The number of halogens is 2. The van der Waals surface area contributed by atoms with Crippen molar-refractivity contribution in [3.8, 4) is 5.75 Å². The van der Waals surface area contributed by atoms with E-state index < -0.39 is 0 Å². The minimum Gasteiger partial charge on any atom is -0.494 e. The summed E-state index contributed by atoms with van der Waals surface area (Å²) in [5.41, 5.74) is 1.88. The third-order valence-corrected chi connectivity index (χ3v) is 6.00. The molecule has 0 aliphatic carbocycles. The molecule has 0 aromatic heterocycles. The Bertz CT molecular complexity index is 845. The van der Waals surface area contributed by atoms with Crippen molar-refractivity contribution in [3.63, 3.8) is 0 Å². The number of hydrogen-bond donors (Lipinski definition) is 1. The molecule has 0 unspecified atom stereocenters. The SMILES string of the molecule is CCOc1ccc(CN(CCCN2CCOCC2)C(=S)Nc2cc(Cl)ccc2Cl)cc1. The molecule has 5 nitrogen and oxygen atoms in total. The Morgan fingerprint density at radius 3 is 2.61 bits per heavy atom. The maximum atomic E-state index is 6.33. The number of nitrogens with zero attached hydrogens (tertiary/aromatic N) is 2. The summed E-state index contributed by atoms with van der Waals surface area (Å²) in [6, 6.07) is 13.5. The van der Waals surface area contributed by atoms with Crippen LogP contribution in [0.15, 0.2) is 42.5 Å². The zero-order chi connectivity index (χ0) is 22.1. The highest BCUT2D eigenvalue weighted by molar-refractivity contribution is 7.80. The lowest BCUT2D eigenvalue weighted by molar-refractivity contribution is 0.0368. The predicted octanol–water partition coefficient (Wildman–Crippen LogP) is 5.31. The van der Waals surface area contributed by atoms with Crippen molar-refractivity contribution in [2.75, 3.05) is 51.3 Å². The van der Waals surface area contributed by atoms with E-state index in [2.05, 4.69) is 27.2 Å². The van der Waals surface area contributed by atoms with Gasteiger partial charge in [0.1, 0.15) is 5.75 Å². The van der Waals surface area contributed by atoms with Crippen LogP contribution >= 0.6 is 35.4 Å². The Morgan fingerprint density at radius 2 is 1.90 bits per heavy atom. The Kier molecular flexibility index (Phi) is 9.68. The summed E-state index contributed by atoms with van der Waals surface area (Å²) in [5, 5.41) is 5.09. The molecule has 0 spiro atoms. The molecule has 1 aliphatic rings. The van der Waals surface area contributed by atoms with Gasteiger partial charge in [0, 0.05) is 37.7 Å². The summed E-state index contributed by atoms with van der Waals surface area (Å²) in [6.07, 6.45) is 1.00. The fourth-order valence-electron chi connectivity index (χ4n) is 3.43. The van der Waals surface area contributed by atoms with Gasteiger partial charge in [0.15, 0.2) is 5.11 Å². The molecule has 3 rings (SSSR count). The van der Waals surface area contributed by atoms with Crippen molar-refractivity contribution >= 4 is 46.2 Å². The molecular weight excluding hydrogens is 453 g/mol. The van der Waals surface area contributed by atoms with Gasteiger partial charge >= 0.3 is 0 Å². The lowest BCUT2D eigenvalue weighted by atomic mass is 10.2. The van der Waals surface area contributed by atoms with E-state index in [-0.39, 0.29) is 0 Å². The fourth-order valence-corrected chi connectivity index (χ4v) is 4.03. The van der Waals surface area contributed by atoms with Gasteiger partial charge in [-0.2, -0.15) is 0 Å². The van der Waals surface area contributed by atoms with Crippen LogP contribution in [0, 0.1) is 0 Å². The second kappa shape index (κ2) is 12.5. The summed E-state index contributed by atoms with van der Waals surface area (Å²) in [5.74, 6) is 0.872. The second-order valence-electron chi connectivity index (χ2n) is 7.36. The van der Waals surface area contributed by atoms with Crippen molar-refractivity contribution in [2.24, 2.45) is 0 Å². The zero-order valence-electron chi connectivity index (χ0n) is 17.8. The van der Waals surface area contributed by atoms with Gasteiger partial charge in [-0.15, -0.1) is 0 Å². The third-order valence-electron chi connectivity index (χ3n) is 5.07. The summed E-state index contributed by atoms with van der Waals surface area (Å²) >= 11 is 18.2. The van der Waals surface area contributed by atoms with Gasteiger partial charge < -0.3 is 19.7 Å². The highest BCUT2D eigenvalue weighted by Gasteiger charge is 2.15. The number of thiocarbonyl (C=S) groups is 1. The van der Waals surface area contributed by atoms with Crippen LogP contribution in [0.25, 0.3) is 0 Å². The molecule has 0 saturated carbocycles. The first-order chi connectivity index (χ1) is 15.0. The predicted molar refractivity (Wildman–Crippen MR) is 133 cm³/mol. The van der Waals surface area contributed by atoms with Gasteiger partial charge in [0.2, 0.25) is 0 Å². The molecule has 31 heavy (non-hydrogen) atoms. The Hall–Kier alpha value is -1.57. The number of benzene rings is 2. The summed E-state index contributed by atoms with van der Waals surface area (Å²) < 4.78 is 11.0. The molecule has 1 fully saturated rings. The zero-order valence-corrected chi connectivity index (χ0v) is 20.1. The molecule has 1 aliphatic heterocycles. The molecular formula is C23H29Cl2N3O2S. The minimum atomic E-state index is 0.584. The standard InChI is InChI=1S/C23H29Cl2N3O2S/c1-2-30-20-7-4-18(5-8-20)17-28(11-3-10-27-12-14-29-15-13-27)23(31)26-22-16-19(24)6-9-21(22)25/h4-9,16H,2-3,10-15,17H2,1H3,(H,26,31). The average Bonchev–Trinajstić information content (AvgIpc) is 2.77. The first kappa shape index (κ1) is 24.1. The van der Waals surface area contributed by atoms with Gasteiger partial charge in [0.25, 0.3) is 0 Å². The number of hydrogen-bond acceptors (Lipinski definition) is 4. The molecule has 1 N–H and O–H groups in total. The van der Waals surface area contributed by atoms with Gasteiger partial charge in [0.05, 0.1) is 30.5 Å². The topological polar surface area (TPSA) is 37.0 Å². The molecule has 1 heterocycles.